The first-order valence-corrected chi connectivity index (χ1v) is 10.3. The largest absolute Gasteiger partial charge is 0.497 e. The molecule has 0 aliphatic heterocycles. The number of nitrogens with one attached hydrogen (secondary N) is 1. The van der Waals surface area contributed by atoms with E-state index in [1.54, 1.807) is 32.4 Å². The van der Waals surface area contributed by atoms with Crippen molar-refractivity contribution >= 4 is 12.1 Å². The molecule has 2 aromatic rings. The molecule has 31 heavy (non-hydrogen) atoms. The van der Waals surface area contributed by atoms with Crippen molar-refractivity contribution < 1.29 is 19.0 Å². The van der Waals surface area contributed by atoms with Gasteiger partial charge in [-0.2, -0.15) is 5.10 Å². The van der Waals surface area contributed by atoms with Crippen LogP contribution < -0.4 is 19.6 Å². The molecule has 0 spiro atoms. The molecule has 6 heteroatoms. The quantitative estimate of drug-likeness (QED) is 0.455. The maximum atomic E-state index is 12.1. The molecular weight excluding hydrogens is 392 g/mol. The third-order valence-electron chi connectivity index (χ3n) is 4.81. The molecule has 1 N–H and O–H groups in total. The molecule has 0 bridgehead atoms. The van der Waals surface area contributed by atoms with Gasteiger partial charge in [0.1, 0.15) is 17.2 Å². The second-order valence-electron chi connectivity index (χ2n) is 9.34. The molecule has 0 saturated heterocycles. The maximum Gasteiger partial charge on any atom is 0.277 e. The van der Waals surface area contributed by atoms with Crippen LogP contribution in [0.3, 0.4) is 0 Å². The van der Waals surface area contributed by atoms with Crippen molar-refractivity contribution in [3.63, 3.8) is 0 Å². The second kappa shape index (κ2) is 10.3. The first kappa shape index (κ1) is 24.3. The van der Waals surface area contributed by atoms with Gasteiger partial charge in [-0.25, -0.2) is 5.43 Å². The Kier molecular flexibility index (Phi) is 8.08. The monoisotopic (exact) mass is 426 g/mol. The highest BCUT2D eigenvalue weighted by atomic mass is 16.5. The van der Waals surface area contributed by atoms with Crippen LogP contribution in [0.4, 0.5) is 0 Å². The van der Waals surface area contributed by atoms with Crippen LogP contribution in [0.15, 0.2) is 47.6 Å². The summed E-state index contributed by atoms with van der Waals surface area (Å²) in [7, 11) is 3.15. The third-order valence-corrected chi connectivity index (χ3v) is 4.81. The van der Waals surface area contributed by atoms with E-state index in [4.69, 9.17) is 14.2 Å². The van der Waals surface area contributed by atoms with Crippen LogP contribution in [0, 0.1) is 5.41 Å². The standard InChI is InChI=1S/C25H34N2O4/c1-24(2,3)17-25(4,5)19-8-10-20(11-9-19)31-16-23(28)27-26-15-18-14-21(29-6)12-13-22(18)30-7/h8-15H,16-17H2,1-7H3,(H,27,28)/b26-15+. The molecule has 2 rings (SSSR count). The number of hydrazone groups is 1. The number of carbonyl (C=O) groups is 1. The minimum absolute atomic E-state index is 0.0596. The predicted octanol–water partition coefficient (Wildman–Crippen LogP) is 4.95. The topological polar surface area (TPSA) is 69.2 Å². The average Bonchev–Trinajstić information content (AvgIpc) is 2.70. The fourth-order valence-electron chi connectivity index (χ4n) is 3.73. The molecule has 0 atom stereocenters. The molecule has 6 nitrogen and oxygen atoms in total. The van der Waals surface area contributed by atoms with E-state index in [0.717, 1.165) is 6.42 Å². The Labute approximate surface area is 185 Å². The van der Waals surface area contributed by atoms with Crippen LogP contribution in [0.1, 0.15) is 52.2 Å². The molecule has 168 valence electrons. The molecule has 2 aromatic carbocycles. The van der Waals surface area contributed by atoms with Crippen molar-refractivity contribution in [1.29, 1.82) is 0 Å². The highest BCUT2D eigenvalue weighted by molar-refractivity contribution is 5.86. The van der Waals surface area contributed by atoms with Crippen LogP contribution in [-0.4, -0.2) is 32.9 Å². The number of benzene rings is 2. The van der Waals surface area contributed by atoms with Crippen molar-refractivity contribution in [2.24, 2.45) is 10.5 Å². The normalized spacial score (nSPS) is 12.0. The van der Waals surface area contributed by atoms with Crippen molar-refractivity contribution in [3.05, 3.63) is 53.6 Å². The molecule has 0 unspecified atom stereocenters. The molecule has 0 heterocycles. The summed E-state index contributed by atoms with van der Waals surface area (Å²) in [6, 6.07) is 13.3. The van der Waals surface area contributed by atoms with Crippen molar-refractivity contribution in [3.8, 4) is 17.2 Å². The van der Waals surface area contributed by atoms with Crippen molar-refractivity contribution in [2.75, 3.05) is 20.8 Å². The zero-order chi connectivity index (χ0) is 23.1. The number of methoxy groups -OCH3 is 2. The summed E-state index contributed by atoms with van der Waals surface area (Å²) < 4.78 is 16.1. The molecule has 0 radical (unpaired) electrons. The van der Waals surface area contributed by atoms with Crippen LogP contribution in [-0.2, 0) is 10.2 Å². The molecule has 0 aliphatic rings. The minimum atomic E-state index is -0.352. The van der Waals surface area contributed by atoms with Gasteiger partial charge in [0.15, 0.2) is 6.61 Å². The van der Waals surface area contributed by atoms with E-state index in [1.165, 1.54) is 11.8 Å². The van der Waals surface area contributed by atoms with Gasteiger partial charge >= 0.3 is 0 Å². The number of nitrogens with zero attached hydrogens (tertiary/aromatic N) is 1. The number of hydrogen-bond acceptors (Lipinski definition) is 5. The fraction of sp³-hybridized carbons (Fsp3) is 0.440. The third kappa shape index (κ3) is 7.63. The summed E-state index contributed by atoms with van der Waals surface area (Å²) >= 11 is 0. The number of hydrogen-bond donors (Lipinski definition) is 1. The molecule has 0 aliphatic carbocycles. The van der Waals surface area contributed by atoms with Gasteiger partial charge in [-0.15, -0.1) is 0 Å². The molecule has 1 amide bonds. The first-order valence-electron chi connectivity index (χ1n) is 10.3. The summed E-state index contributed by atoms with van der Waals surface area (Å²) in [5, 5.41) is 3.98. The van der Waals surface area contributed by atoms with Gasteiger partial charge in [0, 0.05) is 5.56 Å². The number of ether oxygens (including phenoxy) is 3. The molecular formula is C25H34N2O4. The predicted molar refractivity (Wildman–Crippen MR) is 124 cm³/mol. The lowest BCUT2D eigenvalue weighted by Gasteiger charge is -2.33. The lowest BCUT2D eigenvalue weighted by Crippen LogP contribution is -2.25. The highest BCUT2D eigenvalue weighted by Gasteiger charge is 2.27. The molecule has 0 aromatic heterocycles. The van der Waals surface area contributed by atoms with Gasteiger partial charge < -0.3 is 14.2 Å². The van der Waals surface area contributed by atoms with Gasteiger partial charge in [-0.1, -0.05) is 46.8 Å². The van der Waals surface area contributed by atoms with Crippen LogP contribution in [0.5, 0.6) is 17.2 Å². The van der Waals surface area contributed by atoms with E-state index >= 15 is 0 Å². The maximum absolute atomic E-state index is 12.1. The van der Waals surface area contributed by atoms with Crippen LogP contribution in [0.2, 0.25) is 0 Å². The second-order valence-corrected chi connectivity index (χ2v) is 9.34. The Balaban J connectivity index is 1.90. The van der Waals surface area contributed by atoms with Crippen LogP contribution in [0.25, 0.3) is 0 Å². The van der Waals surface area contributed by atoms with E-state index in [-0.39, 0.29) is 23.3 Å². The van der Waals surface area contributed by atoms with Gasteiger partial charge in [-0.05, 0) is 53.1 Å². The summed E-state index contributed by atoms with van der Waals surface area (Å²) in [5.74, 6) is 1.59. The Bertz CT molecular complexity index is 897. The Morgan fingerprint density at radius 1 is 0.968 bits per heavy atom. The van der Waals surface area contributed by atoms with Crippen molar-refractivity contribution in [2.45, 2.75) is 46.5 Å². The molecule has 0 fully saturated rings. The Morgan fingerprint density at radius 3 is 2.19 bits per heavy atom. The summed E-state index contributed by atoms with van der Waals surface area (Å²) in [6.45, 7) is 11.1. The average molecular weight is 427 g/mol. The Hall–Kier alpha value is -3.02. The number of amides is 1. The van der Waals surface area contributed by atoms with Gasteiger partial charge in [0.05, 0.1) is 20.4 Å². The van der Waals surface area contributed by atoms with E-state index in [2.05, 4.69) is 57.3 Å². The fourth-order valence-corrected chi connectivity index (χ4v) is 3.73. The van der Waals surface area contributed by atoms with E-state index in [1.807, 2.05) is 12.1 Å². The number of carbonyl (C=O) groups excluding carboxylic acids is 1. The zero-order valence-electron chi connectivity index (χ0n) is 19.6. The van der Waals surface area contributed by atoms with E-state index in [0.29, 0.717) is 22.8 Å². The van der Waals surface area contributed by atoms with Gasteiger partial charge in [0.2, 0.25) is 0 Å². The smallest absolute Gasteiger partial charge is 0.277 e. The van der Waals surface area contributed by atoms with E-state index in [9.17, 15) is 4.79 Å². The first-order chi connectivity index (χ1) is 14.5. The lowest BCUT2D eigenvalue weighted by molar-refractivity contribution is -0.123. The van der Waals surface area contributed by atoms with Crippen molar-refractivity contribution in [1.82, 2.24) is 5.43 Å². The highest BCUT2D eigenvalue weighted by Crippen LogP contribution is 2.36. The van der Waals surface area contributed by atoms with E-state index < -0.39 is 0 Å². The summed E-state index contributed by atoms with van der Waals surface area (Å²) in [4.78, 5) is 12.1. The summed E-state index contributed by atoms with van der Waals surface area (Å²) in [6.07, 6.45) is 2.57. The van der Waals surface area contributed by atoms with Gasteiger partial charge in [0.25, 0.3) is 5.91 Å². The SMILES string of the molecule is COc1ccc(OC)c(/C=N/NC(=O)COc2ccc(C(C)(C)CC(C)(C)C)cc2)c1. The minimum Gasteiger partial charge on any atom is -0.497 e. The number of rotatable bonds is 9. The Morgan fingerprint density at radius 2 is 1.61 bits per heavy atom. The summed E-state index contributed by atoms with van der Waals surface area (Å²) in [5.41, 5.74) is 4.70. The molecule has 0 saturated carbocycles. The lowest BCUT2D eigenvalue weighted by atomic mass is 9.72. The van der Waals surface area contributed by atoms with Gasteiger partial charge in [-0.3, -0.25) is 4.79 Å². The van der Waals surface area contributed by atoms with Crippen LogP contribution >= 0.6 is 0 Å². The zero-order valence-corrected chi connectivity index (χ0v) is 19.6.